The number of rotatable bonds is 7. The molecule has 0 spiro atoms. The highest BCUT2D eigenvalue weighted by Crippen LogP contribution is 2.15. The third kappa shape index (κ3) is 9.76. The Balaban J connectivity index is 2.07. The second-order valence-electron chi connectivity index (χ2n) is 9.70. The number of hydrogen-bond acceptors (Lipinski definition) is 6. The number of carbonyl (C=O) groups is 3. The molecule has 33 heavy (non-hydrogen) atoms. The first-order valence-corrected chi connectivity index (χ1v) is 10.8. The van der Waals surface area contributed by atoms with Crippen molar-refractivity contribution in [2.45, 2.75) is 71.8 Å². The smallest absolute Gasteiger partial charge is 0.408 e. The molecule has 7 heteroatoms. The molecule has 0 saturated heterocycles. The van der Waals surface area contributed by atoms with Crippen LogP contribution in [0.5, 0.6) is 0 Å². The number of hydrogen-bond donors (Lipinski definition) is 1. The van der Waals surface area contributed by atoms with E-state index >= 15 is 0 Å². The molecular weight excluding hydrogens is 422 g/mol. The Morgan fingerprint density at radius 1 is 0.788 bits per heavy atom. The molecule has 0 aliphatic carbocycles. The maximum absolute atomic E-state index is 12.7. The summed E-state index contributed by atoms with van der Waals surface area (Å²) in [4.78, 5) is 37.3. The summed E-state index contributed by atoms with van der Waals surface area (Å²) in [6.07, 6.45) is -0.552. The first-order valence-electron chi connectivity index (χ1n) is 10.8. The highest BCUT2D eigenvalue weighted by atomic mass is 16.6. The van der Waals surface area contributed by atoms with Crippen molar-refractivity contribution in [1.82, 2.24) is 5.32 Å². The first kappa shape index (κ1) is 25.9. The van der Waals surface area contributed by atoms with Crippen LogP contribution in [0, 0.1) is 0 Å². The van der Waals surface area contributed by atoms with Crippen molar-refractivity contribution in [1.29, 1.82) is 0 Å². The molecule has 1 atom stereocenters. The molecule has 1 N–H and O–H groups in total. The van der Waals surface area contributed by atoms with Gasteiger partial charge in [-0.2, -0.15) is 0 Å². The van der Waals surface area contributed by atoms with Gasteiger partial charge < -0.3 is 19.5 Å². The van der Waals surface area contributed by atoms with E-state index in [1.807, 2.05) is 30.3 Å². The second-order valence-corrected chi connectivity index (χ2v) is 9.70. The number of carbonyl (C=O) groups excluding carboxylic acids is 3. The van der Waals surface area contributed by atoms with Crippen molar-refractivity contribution in [3.8, 4) is 0 Å². The molecule has 1 amide bonds. The van der Waals surface area contributed by atoms with Crippen LogP contribution in [0.1, 0.15) is 63.0 Å². The van der Waals surface area contributed by atoms with Crippen LogP contribution in [0.2, 0.25) is 0 Å². The van der Waals surface area contributed by atoms with Gasteiger partial charge in [-0.05, 0) is 64.8 Å². The topological polar surface area (TPSA) is 90.9 Å². The van der Waals surface area contributed by atoms with Crippen LogP contribution in [0.4, 0.5) is 4.79 Å². The molecule has 0 aliphatic heterocycles. The Morgan fingerprint density at radius 2 is 1.36 bits per heavy atom. The number of amides is 1. The molecule has 2 aromatic rings. The summed E-state index contributed by atoms with van der Waals surface area (Å²) >= 11 is 0. The van der Waals surface area contributed by atoms with Crippen LogP contribution in [-0.2, 0) is 32.0 Å². The largest absolute Gasteiger partial charge is 0.458 e. The zero-order chi connectivity index (χ0) is 24.6. The van der Waals surface area contributed by atoms with Crippen LogP contribution in [0.15, 0.2) is 54.6 Å². The van der Waals surface area contributed by atoms with Gasteiger partial charge in [-0.25, -0.2) is 14.4 Å². The van der Waals surface area contributed by atoms with Gasteiger partial charge in [0.05, 0.1) is 5.56 Å². The zero-order valence-electron chi connectivity index (χ0n) is 20.1. The van der Waals surface area contributed by atoms with Crippen molar-refractivity contribution in [3.63, 3.8) is 0 Å². The Morgan fingerprint density at radius 3 is 1.91 bits per heavy atom. The molecule has 0 aromatic heterocycles. The van der Waals surface area contributed by atoms with E-state index in [-0.39, 0.29) is 13.0 Å². The predicted molar refractivity (Wildman–Crippen MR) is 125 cm³/mol. The molecule has 0 saturated carbocycles. The lowest BCUT2D eigenvalue weighted by molar-refractivity contribution is -0.157. The maximum Gasteiger partial charge on any atom is 0.408 e. The van der Waals surface area contributed by atoms with Crippen LogP contribution in [0.25, 0.3) is 0 Å². The van der Waals surface area contributed by atoms with Crippen LogP contribution in [-0.4, -0.2) is 35.3 Å². The SMILES string of the molecule is CC(C)(C)OC(=O)c1ccc(C[C@H](NC(=O)OCc2ccccc2)C(=O)OC(C)(C)C)cc1. The summed E-state index contributed by atoms with van der Waals surface area (Å²) in [7, 11) is 0. The van der Waals surface area contributed by atoms with E-state index < -0.39 is 35.3 Å². The van der Waals surface area contributed by atoms with E-state index in [1.54, 1.807) is 65.8 Å². The number of alkyl carbamates (subject to hydrolysis) is 1. The Bertz CT molecular complexity index is 939. The predicted octanol–water partition coefficient (Wildman–Crippen LogP) is 4.82. The normalized spacial score (nSPS) is 12.4. The Hall–Kier alpha value is -3.35. The van der Waals surface area contributed by atoms with E-state index in [0.29, 0.717) is 5.56 Å². The molecule has 2 rings (SSSR count). The summed E-state index contributed by atoms with van der Waals surface area (Å²) < 4.78 is 16.1. The lowest BCUT2D eigenvalue weighted by Crippen LogP contribution is -2.45. The minimum absolute atomic E-state index is 0.0816. The highest BCUT2D eigenvalue weighted by Gasteiger charge is 2.28. The van der Waals surface area contributed by atoms with E-state index in [0.717, 1.165) is 11.1 Å². The van der Waals surface area contributed by atoms with Crippen LogP contribution in [0.3, 0.4) is 0 Å². The third-order valence-electron chi connectivity index (χ3n) is 4.22. The molecule has 0 aliphatic rings. The molecule has 0 radical (unpaired) electrons. The van der Waals surface area contributed by atoms with Crippen LogP contribution >= 0.6 is 0 Å². The van der Waals surface area contributed by atoms with E-state index in [4.69, 9.17) is 14.2 Å². The van der Waals surface area contributed by atoms with Crippen molar-refractivity contribution in [3.05, 3.63) is 71.3 Å². The fourth-order valence-corrected chi connectivity index (χ4v) is 2.82. The fraction of sp³-hybridized carbons (Fsp3) is 0.423. The average molecular weight is 456 g/mol. The number of nitrogens with one attached hydrogen (secondary N) is 1. The van der Waals surface area contributed by atoms with Gasteiger partial charge in [0.1, 0.15) is 23.9 Å². The molecule has 0 heterocycles. The Labute approximate surface area is 195 Å². The minimum Gasteiger partial charge on any atom is -0.458 e. The molecular formula is C26H33NO6. The third-order valence-corrected chi connectivity index (χ3v) is 4.22. The van der Waals surface area contributed by atoms with Gasteiger partial charge in [0.25, 0.3) is 0 Å². The number of esters is 2. The zero-order valence-corrected chi connectivity index (χ0v) is 20.1. The quantitative estimate of drug-likeness (QED) is 0.475. The van der Waals surface area contributed by atoms with Gasteiger partial charge in [-0.1, -0.05) is 42.5 Å². The van der Waals surface area contributed by atoms with Gasteiger partial charge >= 0.3 is 18.0 Å². The van der Waals surface area contributed by atoms with Crippen LogP contribution < -0.4 is 5.32 Å². The standard InChI is InChI=1S/C26H33NO6/c1-25(2,3)32-22(28)20-14-12-18(13-15-20)16-21(23(29)33-26(4,5)6)27-24(30)31-17-19-10-8-7-9-11-19/h7-15,21H,16-17H2,1-6H3,(H,27,30)/t21-/m0/s1. The van der Waals surface area contributed by atoms with Crippen molar-refractivity contribution in [2.24, 2.45) is 0 Å². The molecule has 0 unspecified atom stereocenters. The van der Waals surface area contributed by atoms with Crippen molar-refractivity contribution < 1.29 is 28.6 Å². The monoisotopic (exact) mass is 455 g/mol. The number of benzene rings is 2. The molecule has 0 fully saturated rings. The van der Waals surface area contributed by atoms with Gasteiger partial charge in [-0.15, -0.1) is 0 Å². The molecule has 7 nitrogen and oxygen atoms in total. The van der Waals surface area contributed by atoms with Gasteiger partial charge in [0.2, 0.25) is 0 Å². The summed E-state index contributed by atoms with van der Waals surface area (Å²) in [5.41, 5.74) is 0.658. The van der Waals surface area contributed by atoms with Crippen molar-refractivity contribution >= 4 is 18.0 Å². The lowest BCUT2D eigenvalue weighted by atomic mass is 10.0. The first-order chi connectivity index (χ1) is 15.3. The lowest BCUT2D eigenvalue weighted by Gasteiger charge is -2.24. The maximum atomic E-state index is 12.7. The summed E-state index contributed by atoms with van der Waals surface area (Å²) in [6, 6.07) is 15.0. The van der Waals surface area contributed by atoms with E-state index in [1.165, 1.54) is 0 Å². The van der Waals surface area contributed by atoms with E-state index in [9.17, 15) is 14.4 Å². The van der Waals surface area contributed by atoms with Gasteiger partial charge in [0, 0.05) is 6.42 Å². The molecule has 178 valence electrons. The average Bonchev–Trinajstić information content (AvgIpc) is 2.70. The summed E-state index contributed by atoms with van der Waals surface area (Å²) in [5, 5.41) is 2.60. The fourth-order valence-electron chi connectivity index (χ4n) is 2.82. The summed E-state index contributed by atoms with van der Waals surface area (Å²) in [5.74, 6) is -1.00. The van der Waals surface area contributed by atoms with Crippen molar-refractivity contribution in [2.75, 3.05) is 0 Å². The van der Waals surface area contributed by atoms with E-state index in [2.05, 4.69) is 5.32 Å². The number of ether oxygens (including phenoxy) is 3. The second kappa shape index (κ2) is 11.0. The minimum atomic E-state index is -0.958. The van der Waals surface area contributed by atoms with Gasteiger partial charge in [-0.3, -0.25) is 0 Å². The Kier molecular flexibility index (Phi) is 8.63. The molecule has 0 bridgehead atoms. The van der Waals surface area contributed by atoms with Gasteiger partial charge in [0.15, 0.2) is 0 Å². The highest BCUT2D eigenvalue weighted by molar-refractivity contribution is 5.89. The summed E-state index contributed by atoms with van der Waals surface area (Å²) in [6.45, 7) is 10.7. The molecule has 2 aromatic carbocycles.